The Bertz CT molecular complexity index is 521. The number of nitrogens with zero attached hydrogens (tertiary/aromatic N) is 1. The summed E-state index contributed by atoms with van der Waals surface area (Å²) in [7, 11) is 0. The molecule has 0 aliphatic carbocycles. The van der Waals surface area contributed by atoms with Crippen LogP contribution in [0.15, 0.2) is 53.6 Å². The Labute approximate surface area is 100 Å². The second-order valence-corrected chi connectivity index (χ2v) is 3.83. The number of phenolic OH excluding ortho intramolecular Hbond substituents is 1. The lowest BCUT2D eigenvalue weighted by Gasteiger charge is -2.04. The molecule has 0 spiro atoms. The monoisotopic (exact) mass is 226 g/mol. The average Bonchev–Trinajstić information content (AvgIpc) is 2.35. The van der Waals surface area contributed by atoms with Gasteiger partial charge < -0.3 is 10.9 Å². The SMILES string of the molecule is NN=Cc1cc(Cc2ccccc2)ccc1O. The molecule has 0 fully saturated rings. The number of hydrogen-bond acceptors (Lipinski definition) is 3. The highest BCUT2D eigenvalue weighted by molar-refractivity contribution is 5.83. The molecule has 3 nitrogen and oxygen atoms in total. The van der Waals surface area contributed by atoms with Crippen molar-refractivity contribution in [3.63, 3.8) is 0 Å². The maximum Gasteiger partial charge on any atom is 0.124 e. The summed E-state index contributed by atoms with van der Waals surface area (Å²) in [5.41, 5.74) is 2.98. The van der Waals surface area contributed by atoms with Crippen LogP contribution in [0.5, 0.6) is 5.75 Å². The van der Waals surface area contributed by atoms with Crippen LogP contribution in [-0.2, 0) is 6.42 Å². The number of rotatable bonds is 3. The normalized spacial score (nSPS) is 10.8. The highest BCUT2D eigenvalue weighted by atomic mass is 16.3. The fourth-order valence-corrected chi connectivity index (χ4v) is 1.73. The molecule has 0 bridgehead atoms. The number of hydrazone groups is 1. The highest BCUT2D eigenvalue weighted by Crippen LogP contribution is 2.18. The van der Waals surface area contributed by atoms with Crippen molar-refractivity contribution >= 4 is 6.21 Å². The average molecular weight is 226 g/mol. The van der Waals surface area contributed by atoms with Crippen molar-refractivity contribution in [2.45, 2.75) is 6.42 Å². The number of phenols is 1. The van der Waals surface area contributed by atoms with Crippen LogP contribution in [0.2, 0.25) is 0 Å². The van der Waals surface area contributed by atoms with Gasteiger partial charge in [0, 0.05) is 5.56 Å². The van der Waals surface area contributed by atoms with Gasteiger partial charge in [-0.1, -0.05) is 36.4 Å². The Morgan fingerprint density at radius 3 is 2.53 bits per heavy atom. The minimum atomic E-state index is 0.191. The topological polar surface area (TPSA) is 58.6 Å². The van der Waals surface area contributed by atoms with Crippen molar-refractivity contribution in [3.05, 3.63) is 65.2 Å². The summed E-state index contributed by atoms with van der Waals surface area (Å²) in [5.74, 6) is 5.28. The summed E-state index contributed by atoms with van der Waals surface area (Å²) in [6.07, 6.45) is 2.27. The van der Waals surface area contributed by atoms with E-state index in [1.807, 2.05) is 30.3 Å². The number of aromatic hydroxyl groups is 1. The molecule has 0 aliphatic rings. The molecule has 2 aromatic rings. The summed E-state index contributed by atoms with van der Waals surface area (Å²) < 4.78 is 0. The van der Waals surface area contributed by atoms with Crippen molar-refractivity contribution in [1.82, 2.24) is 0 Å². The molecule has 0 saturated carbocycles. The molecule has 3 heteroatoms. The molecule has 0 aliphatic heterocycles. The molecular weight excluding hydrogens is 212 g/mol. The minimum absolute atomic E-state index is 0.191. The second kappa shape index (κ2) is 5.16. The van der Waals surface area contributed by atoms with Crippen molar-refractivity contribution in [2.75, 3.05) is 0 Å². The predicted octanol–water partition coefficient (Wildman–Crippen LogP) is 2.28. The largest absolute Gasteiger partial charge is 0.507 e. The summed E-state index contributed by atoms with van der Waals surface area (Å²) in [5, 5.41) is 13.0. The molecule has 0 radical (unpaired) electrons. The maximum absolute atomic E-state index is 9.59. The summed E-state index contributed by atoms with van der Waals surface area (Å²) in [4.78, 5) is 0. The zero-order chi connectivity index (χ0) is 12.1. The molecule has 0 aromatic heterocycles. The van der Waals surface area contributed by atoms with Gasteiger partial charge in [0.1, 0.15) is 5.75 Å². The van der Waals surface area contributed by atoms with Gasteiger partial charge in [-0.05, 0) is 29.7 Å². The van der Waals surface area contributed by atoms with Crippen LogP contribution < -0.4 is 5.84 Å². The molecule has 2 aromatic carbocycles. The smallest absolute Gasteiger partial charge is 0.124 e. The first-order valence-electron chi connectivity index (χ1n) is 5.38. The third-order valence-electron chi connectivity index (χ3n) is 2.56. The summed E-state index contributed by atoms with van der Waals surface area (Å²) in [6, 6.07) is 15.6. The van der Waals surface area contributed by atoms with Gasteiger partial charge >= 0.3 is 0 Å². The lowest BCUT2D eigenvalue weighted by Crippen LogP contribution is -1.92. The molecule has 0 amide bonds. The standard InChI is InChI=1S/C14H14N2O/c15-16-10-13-9-12(6-7-14(13)17)8-11-4-2-1-3-5-11/h1-7,9-10,17H,8,15H2. The Hall–Kier alpha value is -2.29. The molecule has 0 atom stereocenters. The highest BCUT2D eigenvalue weighted by Gasteiger charge is 2.01. The fraction of sp³-hybridized carbons (Fsp3) is 0.0714. The second-order valence-electron chi connectivity index (χ2n) is 3.83. The number of hydrogen-bond donors (Lipinski definition) is 2. The van der Waals surface area contributed by atoms with E-state index in [-0.39, 0.29) is 5.75 Å². The fourth-order valence-electron chi connectivity index (χ4n) is 1.73. The molecule has 0 saturated heterocycles. The third-order valence-corrected chi connectivity index (χ3v) is 2.56. The van der Waals surface area contributed by atoms with Crippen LogP contribution in [0.3, 0.4) is 0 Å². The lowest BCUT2D eigenvalue weighted by molar-refractivity contribution is 0.474. The Kier molecular flexibility index (Phi) is 3.40. The Morgan fingerprint density at radius 2 is 1.82 bits per heavy atom. The first-order chi connectivity index (χ1) is 8.29. The van der Waals surface area contributed by atoms with E-state index in [1.165, 1.54) is 11.8 Å². The molecule has 86 valence electrons. The lowest BCUT2D eigenvalue weighted by atomic mass is 10.0. The van der Waals surface area contributed by atoms with Gasteiger partial charge in [0.15, 0.2) is 0 Å². The molecule has 17 heavy (non-hydrogen) atoms. The van der Waals surface area contributed by atoms with Crippen molar-refractivity contribution < 1.29 is 5.11 Å². The Balaban J connectivity index is 2.25. The van der Waals surface area contributed by atoms with Crippen LogP contribution >= 0.6 is 0 Å². The van der Waals surface area contributed by atoms with Gasteiger partial charge in [0.2, 0.25) is 0 Å². The first-order valence-corrected chi connectivity index (χ1v) is 5.38. The minimum Gasteiger partial charge on any atom is -0.507 e. The van der Waals surface area contributed by atoms with E-state index in [0.29, 0.717) is 5.56 Å². The molecule has 3 N–H and O–H groups in total. The van der Waals surface area contributed by atoms with E-state index in [9.17, 15) is 5.11 Å². The van der Waals surface area contributed by atoms with Crippen LogP contribution in [0.25, 0.3) is 0 Å². The van der Waals surface area contributed by atoms with Gasteiger partial charge in [-0.3, -0.25) is 0 Å². The van der Waals surface area contributed by atoms with Crippen molar-refractivity contribution in [1.29, 1.82) is 0 Å². The van der Waals surface area contributed by atoms with Gasteiger partial charge in [0.05, 0.1) is 6.21 Å². The van der Waals surface area contributed by atoms with E-state index in [4.69, 9.17) is 5.84 Å². The van der Waals surface area contributed by atoms with Gasteiger partial charge in [0.25, 0.3) is 0 Å². The summed E-state index contributed by atoms with van der Waals surface area (Å²) in [6.45, 7) is 0. The zero-order valence-electron chi connectivity index (χ0n) is 9.38. The Morgan fingerprint density at radius 1 is 1.06 bits per heavy atom. The molecular formula is C14H14N2O. The predicted molar refractivity (Wildman–Crippen MR) is 69.1 cm³/mol. The number of benzene rings is 2. The summed E-state index contributed by atoms with van der Waals surface area (Å²) >= 11 is 0. The maximum atomic E-state index is 9.59. The molecule has 0 heterocycles. The zero-order valence-corrected chi connectivity index (χ0v) is 9.38. The van der Waals surface area contributed by atoms with Crippen LogP contribution in [0.4, 0.5) is 0 Å². The first kappa shape index (κ1) is 11.2. The van der Waals surface area contributed by atoms with Gasteiger partial charge in [-0.15, -0.1) is 0 Å². The molecule has 2 rings (SSSR count). The van der Waals surface area contributed by atoms with Crippen molar-refractivity contribution in [2.24, 2.45) is 10.9 Å². The van der Waals surface area contributed by atoms with E-state index in [0.717, 1.165) is 12.0 Å². The van der Waals surface area contributed by atoms with E-state index in [1.54, 1.807) is 6.07 Å². The van der Waals surface area contributed by atoms with Crippen LogP contribution in [0.1, 0.15) is 16.7 Å². The van der Waals surface area contributed by atoms with E-state index < -0.39 is 0 Å². The quantitative estimate of drug-likeness (QED) is 0.479. The third kappa shape index (κ3) is 2.84. The van der Waals surface area contributed by atoms with Crippen molar-refractivity contribution in [3.8, 4) is 5.75 Å². The van der Waals surface area contributed by atoms with Gasteiger partial charge in [-0.2, -0.15) is 5.10 Å². The van der Waals surface area contributed by atoms with E-state index >= 15 is 0 Å². The van der Waals surface area contributed by atoms with Crippen LogP contribution in [-0.4, -0.2) is 11.3 Å². The molecule has 0 unspecified atom stereocenters. The van der Waals surface area contributed by atoms with E-state index in [2.05, 4.69) is 17.2 Å². The van der Waals surface area contributed by atoms with Gasteiger partial charge in [-0.25, -0.2) is 0 Å². The number of nitrogens with two attached hydrogens (primary N) is 1. The van der Waals surface area contributed by atoms with Crippen LogP contribution in [0, 0.1) is 0 Å².